The Morgan fingerprint density at radius 2 is 1.82 bits per heavy atom. The van der Waals surface area contributed by atoms with Crippen LogP contribution >= 0.6 is 0 Å². The fourth-order valence-corrected chi connectivity index (χ4v) is 1.85. The molecule has 0 fully saturated rings. The minimum atomic E-state index is 0.746. The van der Waals surface area contributed by atoms with Crippen molar-refractivity contribution in [2.45, 2.75) is 39.5 Å². The van der Waals surface area contributed by atoms with E-state index < -0.39 is 0 Å². The molecule has 17 heavy (non-hydrogen) atoms. The second-order valence-corrected chi connectivity index (χ2v) is 4.47. The summed E-state index contributed by atoms with van der Waals surface area (Å²) in [7, 11) is 0. The summed E-state index contributed by atoms with van der Waals surface area (Å²) in [4.78, 5) is 0. The van der Waals surface area contributed by atoms with Crippen molar-refractivity contribution in [2.24, 2.45) is 5.92 Å². The lowest BCUT2D eigenvalue weighted by Crippen LogP contribution is -1.93. The zero-order valence-electron chi connectivity index (χ0n) is 11.1. The first-order valence-electron chi connectivity index (χ1n) is 6.76. The van der Waals surface area contributed by atoms with Crippen LogP contribution < -0.4 is 0 Å². The Balaban J connectivity index is 2.40. The molecule has 0 heteroatoms. The zero-order chi connectivity index (χ0) is 12.3. The summed E-state index contributed by atoms with van der Waals surface area (Å²) in [6.07, 6.45) is 14.0. The van der Waals surface area contributed by atoms with Crippen molar-refractivity contribution < 1.29 is 0 Å². The van der Waals surface area contributed by atoms with E-state index in [4.69, 9.17) is 0 Å². The Labute approximate surface area is 106 Å². The smallest absolute Gasteiger partial charge is 0.0233 e. The van der Waals surface area contributed by atoms with Gasteiger partial charge in [-0.05, 0) is 24.3 Å². The molecule has 0 aliphatic heterocycles. The van der Waals surface area contributed by atoms with E-state index in [2.05, 4.69) is 62.4 Å². The lowest BCUT2D eigenvalue weighted by atomic mass is 9.99. The van der Waals surface area contributed by atoms with E-state index in [1.165, 1.54) is 31.2 Å². The minimum absolute atomic E-state index is 0.746. The third-order valence-corrected chi connectivity index (χ3v) is 3.04. The van der Waals surface area contributed by atoms with E-state index in [1.54, 1.807) is 0 Å². The van der Waals surface area contributed by atoms with E-state index in [0.29, 0.717) is 0 Å². The van der Waals surface area contributed by atoms with Crippen molar-refractivity contribution in [1.29, 1.82) is 0 Å². The Morgan fingerprint density at radius 3 is 2.47 bits per heavy atom. The third kappa shape index (κ3) is 6.11. The van der Waals surface area contributed by atoms with Gasteiger partial charge in [0.15, 0.2) is 0 Å². The minimum Gasteiger partial charge on any atom is -0.0814 e. The number of allylic oxidation sites excluding steroid dienone is 3. The van der Waals surface area contributed by atoms with Crippen molar-refractivity contribution in [3.63, 3.8) is 0 Å². The van der Waals surface area contributed by atoms with Gasteiger partial charge in [-0.1, -0.05) is 81.3 Å². The maximum absolute atomic E-state index is 2.34. The molecule has 0 N–H and O–H groups in total. The second-order valence-electron chi connectivity index (χ2n) is 4.47. The van der Waals surface area contributed by atoms with Gasteiger partial charge in [0.25, 0.3) is 0 Å². The average molecular weight is 228 g/mol. The second kappa shape index (κ2) is 8.81. The molecule has 0 heterocycles. The van der Waals surface area contributed by atoms with Crippen LogP contribution in [-0.2, 0) is 0 Å². The van der Waals surface area contributed by atoms with Gasteiger partial charge >= 0.3 is 0 Å². The van der Waals surface area contributed by atoms with E-state index in [1.807, 2.05) is 6.07 Å². The van der Waals surface area contributed by atoms with Gasteiger partial charge in [0.05, 0.1) is 0 Å². The molecule has 1 aromatic rings. The predicted molar refractivity (Wildman–Crippen MR) is 77.9 cm³/mol. The topological polar surface area (TPSA) is 0 Å². The van der Waals surface area contributed by atoms with Gasteiger partial charge in [-0.2, -0.15) is 0 Å². The van der Waals surface area contributed by atoms with Gasteiger partial charge in [-0.15, -0.1) is 0 Å². The summed E-state index contributed by atoms with van der Waals surface area (Å²) in [5.41, 5.74) is 1.26. The average Bonchev–Trinajstić information content (AvgIpc) is 2.39. The van der Waals surface area contributed by atoms with E-state index in [-0.39, 0.29) is 0 Å². The number of unbranched alkanes of at least 4 members (excludes halogenated alkanes) is 1. The lowest BCUT2D eigenvalue weighted by molar-refractivity contribution is 0.540. The molecule has 0 bridgehead atoms. The number of rotatable bonds is 7. The van der Waals surface area contributed by atoms with Crippen LogP contribution in [0, 0.1) is 5.92 Å². The molecular weight excluding hydrogens is 204 g/mol. The molecule has 0 radical (unpaired) electrons. The van der Waals surface area contributed by atoms with Crippen LogP contribution in [0.5, 0.6) is 0 Å². The van der Waals surface area contributed by atoms with Crippen molar-refractivity contribution in [1.82, 2.24) is 0 Å². The lowest BCUT2D eigenvalue weighted by Gasteiger charge is -2.07. The van der Waals surface area contributed by atoms with Gasteiger partial charge < -0.3 is 0 Å². The number of hydrogen-bond donors (Lipinski definition) is 0. The van der Waals surface area contributed by atoms with Crippen LogP contribution in [0.4, 0.5) is 0 Å². The highest BCUT2D eigenvalue weighted by molar-refractivity contribution is 5.50. The summed E-state index contributed by atoms with van der Waals surface area (Å²) < 4.78 is 0. The monoisotopic (exact) mass is 228 g/mol. The first kappa shape index (κ1) is 13.8. The first-order chi connectivity index (χ1) is 8.36. The Morgan fingerprint density at radius 1 is 1.06 bits per heavy atom. The third-order valence-electron chi connectivity index (χ3n) is 3.04. The summed E-state index contributed by atoms with van der Waals surface area (Å²) in [6, 6.07) is 10.4. The fourth-order valence-electron chi connectivity index (χ4n) is 1.85. The van der Waals surface area contributed by atoms with E-state index in [0.717, 1.165) is 5.92 Å². The molecule has 0 aromatic heterocycles. The number of benzene rings is 1. The largest absolute Gasteiger partial charge is 0.0814 e. The SMILES string of the molecule is CCCCC(/C=C\C=C\c1ccccc1)CC. The molecule has 1 rings (SSSR count). The Kier molecular flexibility index (Phi) is 7.13. The van der Waals surface area contributed by atoms with Crippen LogP contribution in [0.15, 0.2) is 48.6 Å². The summed E-state index contributed by atoms with van der Waals surface area (Å²) in [6.45, 7) is 4.53. The van der Waals surface area contributed by atoms with Crippen molar-refractivity contribution >= 4 is 6.08 Å². The molecule has 1 aromatic carbocycles. The Hall–Kier alpha value is -1.30. The fraction of sp³-hybridized carbons (Fsp3) is 0.412. The van der Waals surface area contributed by atoms with E-state index >= 15 is 0 Å². The predicted octanol–water partition coefficient (Wildman–Crippen LogP) is 5.47. The zero-order valence-corrected chi connectivity index (χ0v) is 11.1. The molecule has 0 aliphatic rings. The molecule has 0 aliphatic carbocycles. The molecule has 0 spiro atoms. The van der Waals surface area contributed by atoms with Crippen LogP contribution in [-0.4, -0.2) is 0 Å². The highest BCUT2D eigenvalue weighted by Crippen LogP contribution is 2.14. The summed E-state index contributed by atoms with van der Waals surface area (Å²) in [5.74, 6) is 0.746. The molecule has 92 valence electrons. The van der Waals surface area contributed by atoms with Gasteiger partial charge in [-0.25, -0.2) is 0 Å². The molecule has 0 saturated heterocycles. The van der Waals surface area contributed by atoms with E-state index in [9.17, 15) is 0 Å². The van der Waals surface area contributed by atoms with Crippen molar-refractivity contribution in [3.8, 4) is 0 Å². The Bertz CT molecular complexity index is 332. The molecule has 0 amide bonds. The molecule has 1 unspecified atom stereocenters. The number of hydrogen-bond acceptors (Lipinski definition) is 0. The van der Waals surface area contributed by atoms with Crippen LogP contribution in [0.3, 0.4) is 0 Å². The summed E-state index contributed by atoms with van der Waals surface area (Å²) >= 11 is 0. The van der Waals surface area contributed by atoms with Gasteiger partial charge in [-0.3, -0.25) is 0 Å². The molecular formula is C17H24. The normalized spacial score (nSPS) is 13.5. The van der Waals surface area contributed by atoms with Crippen molar-refractivity contribution in [3.05, 3.63) is 54.1 Å². The van der Waals surface area contributed by atoms with Gasteiger partial charge in [0.1, 0.15) is 0 Å². The quantitative estimate of drug-likeness (QED) is 0.543. The van der Waals surface area contributed by atoms with Gasteiger partial charge in [0, 0.05) is 0 Å². The molecule has 0 nitrogen and oxygen atoms in total. The van der Waals surface area contributed by atoms with Crippen LogP contribution in [0.2, 0.25) is 0 Å². The molecule has 1 atom stereocenters. The standard InChI is InChI=1S/C17H24/c1-3-5-11-16(4-2)12-9-10-15-17-13-7-6-8-14-17/h6-10,12-16H,3-5,11H2,1-2H3/b12-9-,15-10+. The van der Waals surface area contributed by atoms with Crippen LogP contribution in [0.1, 0.15) is 45.1 Å². The van der Waals surface area contributed by atoms with Crippen LogP contribution in [0.25, 0.3) is 6.08 Å². The molecule has 0 saturated carbocycles. The highest BCUT2D eigenvalue weighted by Gasteiger charge is 1.98. The maximum atomic E-state index is 2.34. The van der Waals surface area contributed by atoms with Crippen molar-refractivity contribution in [2.75, 3.05) is 0 Å². The summed E-state index contributed by atoms with van der Waals surface area (Å²) in [5, 5.41) is 0. The maximum Gasteiger partial charge on any atom is -0.0233 e. The van der Waals surface area contributed by atoms with Gasteiger partial charge in [0.2, 0.25) is 0 Å². The first-order valence-corrected chi connectivity index (χ1v) is 6.76. The highest BCUT2D eigenvalue weighted by atomic mass is 14.0.